The second-order valence-electron chi connectivity index (χ2n) is 6.94. The number of phenols is 1. The van der Waals surface area contributed by atoms with Crippen LogP contribution in [0.1, 0.15) is 27.7 Å². The first-order chi connectivity index (χ1) is 9.34. The Morgan fingerprint density at radius 2 is 1.85 bits per heavy atom. The van der Waals surface area contributed by atoms with Crippen molar-refractivity contribution in [2.45, 2.75) is 27.7 Å². The van der Waals surface area contributed by atoms with Crippen LogP contribution in [0.3, 0.4) is 0 Å². The Bertz CT molecular complexity index is 647. The minimum Gasteiger partial charge on any atom is -0.508 e. The molecule has 3 heteroatoms. The van der Waals surface area contributed by atoms with Gasteiger partial charge < -0.3 is 10.4 Å². The molecule has 3 rings (SSSR count). The molecule has 3 nitrogen and oxygen atoms in total. The molecule has 1 aliphatic carbocycles. The molecule has 0 atom stereocenters. The summed E-state index contributed by atoms with van der Waals surface area (Å²) in [5.74, 6) is 1.78. The SMILES string of the molecule is CC1(C)C(CNc2nccc3ccc(O)cc23)C1(C)C. The van der Waals surface area contributed by atoms with Gasteiger partial charge in [-0.3, -0.25) is 0 Å². The van der Waals surface area contributed by atoms with E-state index in [0.717, 1.165) is 23.1 Å². The second kappa shape index (κ2) is 4.11. The van der Waals surface area contributed by atoms with E-state index in [1.54, 1.807) is 12.1 Å². The van der Waals surface area contributed by atoms with Crippen molar-refractivity contribution in [3.8, 4) is 5.75 Å². The number of aromatic nitrogens is 1. The van der Waals surface area contributed by atoms with E-state index in [1.807, 2.05) is 18.3 Å². The Morgan fingerprint density at radius 3 is 2.50 bits per heavy atom. The molecule has 0 radical (unpaired) electrons. The number of anilines is 1. The fourth-order valence-corrected chi connectivity index (χ4v) is 3.34. The molecule has 2 aromatic rings. The first kappa shape index (κ1) is 13.2. The summed E-state index contributed by atoms with van der Waals surface area (Å²) in [5, 5.41) is 15.2. The summed E-state index contributed by atoms with van der Waals surface area (Å²) < 4.78 is 0. The number of hydrogen-bond donors (Lipinski definition) is 2. The van der Waals surface area contributed by atoms with E-state index in [0.29, 0.717) is 16.7 Å². The third kappa shape index (κ3) is 1.84. The summed E-state index contributed by atoms with van der Waals surface area (Å²) in [5.41, 5.74) is 0.736. The highest BCUT2D eigenvalue weighted by molar-refractivity contribution is 5.92. The molecule has 2 N–H and O–H groups in total. The van der Waals surface area contributed by atoms with Crippen LogP contribution < -0.4 is 5.32 Å². The highest BCUT2D eigenvalue weighted by Gasteiger charge is 2.64. The molecular formula is C17H22N2O. The summed E-state index contributed by atoms with van der Waals surface area (Å²) in [6, 6.07) is 7.36. The summed E-state index contributed by atoms with van der Waals surface area (Å²) in [6.45, 7) is 10.2. The van der Waals surface area contributed by atoms with Gasteiger partial charge in [0.25, 0.3) is 0 Å². The smallest absolute Gasteiger partial charge is 0.133 e. The number of rotatable bonds is 3. The van der Waals surface area contributed by atoms with Crippen LogP contribution in [-0.2, 0) is 0 Å². The van der Waals surface area contributed by atoms with Gasteiger partial charge in [-0.2, -0.15) is 0 Å². The number of pyridine rings is 1. The van der Waals surface area contributed by atoms with Crippen molar-refractivity contribution in [1.29, 1.82) is 0 Å². The fraction of sp³-hybridized carbons (Fsp3) is 0.471. The third-order valence-corrected chi connectivity index (χ3v) is 5.54. The molecule has 1 fully saturated rings. The van der Waals surface area contributed by atoms with Gasteiger partial charge >= 0.3 is 0 Å². The molecule has 0 aliphatic heterocycles. The average Bonchev–Trinajstić information content (AvgIpc) is 2.77. The van der Waals surface area contributed by atoms with Crippen LogP contribution in [0.5, 0.6) is 5.75 Å². The number of phenolic OH excluding ortho intramolecular Hbond substituents is 1. The predicted octanol–water partition coefficient (Wildman–Crippen LogP) is 4.03. The minimum atomic E-state index is 0.278. The topological polar surface area (TPSA) is 45.2 Å². The molecule has 1 aromatic carbocycles. The van der Waals surface area contributed by atoms with Crippen molar-refractivity contribution in [1.82, 2.24) is 4.98 Å². The van der Waals surface area contributed by atoms with Crippen molar-refractivity contribution < 1.29 is 5.11 Å². The fourth-order valence-electron chi connectivity index (χ4n) is 3.34. The molecule has 0 saturated heterocycles. The monoisotopic (exact) mass is 270 g/mol. The lowest BCUT2D eigenvalue weighted by molar-refractivity contribution is 0.457. The second-order valence-corrected chi connectivity index (χ2v) is 6.94. The van der Waals surface area contributed by atoms with Gasteiger partial charge in [-0.15, -0.1) is 0 Å². The van der Waals surface area contributed by atoms with Crippen LogP contribution in [0.15, 0.2) is 30.5 Å². The van der Waals surface area contributed by atoms with Crippen molar-refractivity contribution >= 4 is 16.6 Å². The largest absolute Gasteiger partial charge is 0.508 e. The van der Waals surface area contributed by atoms with Crippen LogP contribution in [0.25, 0.3) is 10.8 Å². The van der Waals surface area contributed by atoms with Gasteiger partial charge in [-0.1, -0.05) is 33.8 Å². The maximum absolute atomic E-state index is 9.66. The van der Waals surface area contributed by atoms with Gasteiger partial charge in [0.1, 0.15) is 11.6 Å². The zero-order chi connectivity index (χ0) is 14.5. The first-order valence-electron chi connectivity index (χ1n) is 7.15. The number of nitrogens with zero attached hydrogens (tertiary/aromatic N) is 1. The average molecular weight is 270 g/mol. The van der Waals surface area contributed by atoms with Crippen LogP contribution >= 0.6 is 0 Å². The highest BCUT2D eigenvalue weighted by Crippen LogP contribution is 2.68. The van der Waals surface area contributed by atoms with E-state index in [2.05, 4.69) is 38.0 Å². The number of fused-ring (bicyclic) bond motifs is 1. The van der Waals surface area contributed by atoms with E-state index in [9.17, 15) is 5.11 Å². The Kier molecular flexibility index (Phi) is 2.72. The number of benzene rings is 1. The number of hydrogen-bond acceptors (Lipinski definition) is 3. The molecule has 1 heterocycles. The normalized spacial score (nSPS) is 20.0. The van der Waals surface area contributed by atoms with Gasteiger partial charge in [0.2, 0.25) is 0 Å². The van der Waals surface area contributed by atoms with Gasteiger partial charge in [-0.05, 0) is 40.3 Å². The van der Waals surface area contributed by atoms with Crippen LogP contribution in [0, 0.1) is 16.7 Å². The lowest BCUT2D eigenvalue weighted by Crippen LogP contribution is -2.09. The van der Waals surface area contributed by atoms with E-state index in [4.69, 9.17) is 0 Å². The highest BCUT2D eigenvalue weighted by atomic mass is 16.3. The predicted molar refractivity (Wildman–Crippen MR) is 82.9 cm³/mol. The van der Waals surface area contributed by atoms with E-state index in [1.165, 1.54) is 0 Å². The molecule has 1 aliphatic rings. The zero-order valence-corrected chi connectivity index (χ0v) is 12.6. The van der Waals surface area contributed by atoms with Gasteiger partial charge in [0, 0.05) is 18.1 Å². The van der Waals surface area contributed by atoms with E-state index in [-0.39, 0.29) is 5.75 Å². The van der Waals surface area contributed by atoms with Gasteiger partial charge in [-0.25, -0.2) is 4.98 Å². The summed E-state index contributed by atoms with van der Waals surface area (Å²) >= 11 is 0. The Balaban J connectivity index is 1.84. The van der Waals surface area contributed by atoms with E-state index < -0.39 is 0 Å². The Labute approximate surface area is 120 Å². The number of aromatic hydroxyl groups is 1. The molecule has 20 heavy (non-hydrogen) atoms. The quantitative estimate of drug-likeness (QED) is 0.885. The Hall–Kier alpha value is -1.77. The summed E-state index contributed by atoms with van der Waals surface area (Å²) in [4.78, 5) is 4.42. The van der Waals surface area contributed by atoms with Crippen molar-refractivity contribution in [2.24, 2.45) is 16.7 Å². The lowest BCUT2D eigenvalue weighted by atomic mass is 10.0. The first-order valence-corrected chi connectivity index (χ1v) is 7.15. The van der Waals surface area contributed by atoms with Crippen LogP contribution in [-0.4, -0.2) is 16.6 Å². The Morgan fingerprint density at radius 1 is 1.15 bits per heavy atom. The number of nitrogens with one attached hydrogen (secondary N) is 1. The molecule has 0 bridgehead atoms. The molecule has 1 saturated carbocycles. The molecule has 106 valence electrons. The standard InChI is InChI=1S/C17H22N2O/c1-16(2)14(17(16,3)4)10-19-15-13-9-12(20)6-5-11(13)7-8-18-15/h5-9,14,20H,10H2,1-4H3,(H,18,19). The summed E-state index contributed by atoms with van der Waals surface area (Å²) in [7, 11) is 0. The molecule has 0 unspecified atom stereocenters. The molecule has 0 spiro atoms. The van der Waals surface area contributed by atoms with Crippen molar-refractivity contribution in [3.63, 3.8) is 0 Å². The third-order valence-electron chi connectivity index (χ3n) is 5.54. The van der Waals surface area contributed by atoms with Crippen molar-refractivity contribution in [2.75, 3.05) is 11.9 Å². The van der Waals surface area contributed by atoms with Crippen LogP contribution in [0.2, 0.25) is 0 Å². The maximum Gasteiger partial charge on any atom is 0.133 e. The molecule has 0 amide bonds. The molecular weight excluding hydrogens is 248 g/mol. The van der Waals surface area contributed by atoms with Crippen molar-refractivity contribution in [3.05, 3.63) is 30.5 Å². The minimum absolute atomic E-state index is 0.278. The summed E-state index contributed by atoms with van der Waals surface area (Å²) in [6.07, 6.45) is 1.81. The van der Waals surface area contributed by atoms with Gasteiger partial charge in [0.05, 0.1) is 0 Å². The van der Waals surface area contributed by atoms with E-state index >= 15 is 0 Å². The zero-order valence-electron chi connectivity index (χ0n) is 12.6. The van der Waals surface area contributed by atoms with Crippen LogP contribution in [0.4, 0.5) is 5.82 Å². The maximum atomic E-state index is 9.66. The molecule has 1 aromatic heterocycles. The lowest BCUT2D eigenvalue weighted by Gasteiger charge is -2.10. The van der Waals surface area contributed by atoms with Gasteiger partial charge in [0.15, 0.2) is 0 Å².